The average molecular weight is 344 g/mol. The summed E-state index contributed by atoms with van der Waals surface area (Å²) in [5.74, 6) is -1.06. The fourth-order valence-corrected chi connectivity index (χ4v) is 2.56. The lowest BCUT2D eigenvalue weighted by atomic mass is 10.1. The van der Waals surface area contributed by atoms with Gasteiger partial charge in [-0.25, -0.2) is 0 Å². The molecule has 0 unspecified atom stereocenters. The first-order valence-corrected chi connectivity index (χ1v) is 8.59. The fraction of sp³-hybridized carbons (Fsp3) is 0.421. The van der Waals surface area contributed by atoms with Gasteiger partial charge >= 0.3 is 5.97 Å². The summed E-state index contributed by atoms with van der Waals surface area (Å²) in [6.45, 7) is 3.09. The van der Waals surface area contributed by atoms with Crippen molar-refractivity contribution in [3.8, 4) is 0 Å². The molecule has 1 aromatic rings. The van der Waals surface area contributed by atoms with Crippen LogP contribution in [0, 0.1) is 0 Å². The number of amides is 2. The predicted molar refractivity (Wildman–Crippen MR) is 94.5 cm³/mol. The fourth-order valence-electron chi connectivity index (χ4n) is 2.56. The van der Waals surface area contributed by atoms with Crippen molar-refractivity contribution in [1.29, 1.82) is 0 Å². The molecule has 2 rings (SSSR count). The van der Waals surface area contributed by atoms with Crippen molar-refractivity contribution >= 4 is 23.9 Å². The van der Waals surface area contributed by atoms with Crippen LogP contribution in [0.4, 0.5) is 0 Å². The van der Waals surface area contributed by atoms with E-state index in [-0.39, 0.29) is 18.2 Å². The van der Waals surface area contributed by atoms with Gasteiger partial charge in [0.05, 0.1) is 13.0 Å². The van der Waals surface area contributed by atoms with Gasteiger partial charge in [0.2, 0.25) is 11.8 Å². The molecule has 1 fully saturated rings. The van der Waals surface area contributed by atoms with Gasteiger partial charge in [0.15, 0.2) is 0 Å². The number of nitrogens with zero attached hydrogens (tertiary/aromatic N) is 1. The summed E-state index contributed by atoms with van der Waals surface area (Å²) >= 11 is 0. The summed E-state index contributed by atoms with van der Waals surface area (Å²) in [4.78, 5) is 37.9. The molecule has 1 saturated heterocycles. The minimum atomic E-state index is -0.823. The molecule has 0 aliphatic carbocycles. The number of hydrogen-bond acceptors (Lipinski definition) is 4. The number of hydrogen-bond donors (Lipinski definition) is 1. The van der Waals surface area contributed by atoms with Crippen LogP contribution in [0.15, 0.2) is 36.4 Å². The number of esters is 1. The summed E-state index contributed by atoms with van der Waals surface area (Å²) in [7, 11) is 0. The molecule has 1 N–H and O–H groups in total. The van der Waals surface area contributed by atoms with Gasteiger partial charge in [-0.3, -0.25) is 14.4 Å². The molecule has 0 radical (unpaired) electrons. The lowest BCUT2D eigenvalue weighted by Crippen LogP contribution is -2.57. The average Bonchev–Trinajstić information content (AvgIpc) is 2.62. The first-order chi connectivity index (χ1) is 12.1. The maximum Gasteiger partial charge on any atom is 0.308 e. The van der Waals surface area contributed by atoms with Crippen LogP contribution in [0.25, 0.3) is 6.08 Å². The van der Waals surface area contributed by atoms with Crippen LogP contribution in [-0.4, -0.2) is 48.4 Å². The van der Waals surface area contributed by atoms with Crippen LogP contribution in [0.3, 0.4) is 0 Å². The smallest absolute Gasteiger partial charge is 0.308 e. The third-order valence-electron chi connectivity index (χ3n) is 3.95. The SMILES string of the molecule is CCCCOC(=O)C[C@@H]1C(=O)NCCN1C(=O)/C=C/c1ccccc1. The van der Waals surface area contributed by atoms with E-state index in [9.17, 15) is 14.4 Å². The first kappa shape index (κ1) is 18.7. The van der Waals surface area contributed by atoms with Crippen LogP contribution in [0.5, 0.6) is 0 Å². The van der Waals surface area contributed by atoms with Crippen LogP contribution in [0.2, 0.25) is 0 Å². The summed E-state index contributed by atoms with van der Waals surface area (Å²) in [5.41, 5.74) is 0.896. The zero-order valence-corrected chi connectivity index (χ0v) is 14.4. The number of carbonyl (C=O) groups excluding carboxylic acids is 3. The van der Waals surface area contributed by atoms with Gasteiger partial charge in [0.25, 0.3) is 0 Å². The van der Waals surface area contributed by atoms with Crippen molar-refractivity contribution < 1.29 is 19.1 Å². The second kappa shape index (κ2) is 9.61. The molecule has 1 heterocycles. The standard InChI is InChI=1S/C19H24N2O4/c1-2-3-13-25-18(23)14-16-19(24)20-11-12-21(16)17(22)10-9-15-7-5-4-6-8-15/h4-10,16H,2-3,11-14H2,1H3,(H,20,24)/b10-9+/t16-/m1/s1. The monoisotopic (exact) mass is 344 g/mol. The summed E-state index contributed by atoms with van der Waals surface area (Å²) in [6, 6.07) is 8.61. The van der Waals surface area contributed by atoms with Gasteiger partial charge in [-0.1, -0.05) is 43.7 Å². The van der Waals surface area contributed by atoms with E-state index < -0.39 is 12.0 Å². The number of rotatable bonds is 7. The normalized spacial score (nSPS) is 17.4. The molecular weight excluding hydrogens is 320 g/mol. The lowest BCUT2D eigenvalue weighted by Gasteiger charge is -2.33. The van der Waals surface area contributed by atoms with Crippen LogP contribution in [-0.2, 0) is 19.1 Å². The van der Waals surface area contributed by atoms with Gasteiger partial charge in [-0.05, 0) is 18.1 Å². The summed E-state index contributed by atoms with van der Waals surface area (Å²) < 4.78 is 5.12. The van der Waals surface area contributed by atoms with E-state index in [0.717, 1.165) is 18.4 Å². The number of ether oxygens (including phenoxy) is 1. The van der Waals surface area contributed by atoms with Gasteiger partial charge in [0, 0.05) is 19.2 Å². The van der Waals surface area contributed by atoms with Gasteiger partial charge < -0.3 is 15.0 Å². The molecule has 0 bridgehead atoms. The molecule has 6 nitrogen and oxygen atoms in total. The Balaban J connectivity index is 2.00. The highest BCUT2D eigenvalue weighted by Crippen LogP contribution is 2.12. The van der Waals surface area contributed by atoms with Crippen molar-refractivity contribution in [2.24, 2.45) is 0 Å². The quantitative estimate of drug-likeness (QED) is 0.465. The van der Waals surface area contributed by atoms with Crippen LogP contribution < -0.4 is 5.32 Å². The highest BCUT2D eigenvalue weighted by molar-refractivity contribution is 5.97. The van der Waals surface area contributed by atoms with Gasteiger partial charge in [-0.2, -0.15) is 0 Å². The molecule has 0 saturated carbocycles. The third kappa shape index (κ3) is 5.74. The van der Waals surface area contributed by atoms with Crippen LogP contribution in [0.1, 0.15) is 31.7 Å². The van der Waals surface area contributed by atoms with E-state index in [1.807, 2.05) is 37.3 Å². The molecule has 25 heavy (non-hydrogen) atoms. The van der Waals surface area contributed by atoms with E-state index in [0.29, 0.717) is 19.7 Å². The molecule has 0 spiro atoms. The zero-order valence-electron chi connectivity index (χ0n) is 14.4. The molecule has 134 valence electrons. The second-order valence-electron chi connectivity index (χ2n) is 5.86. The first-order valence-electron chi connectivity index (χ1n) is 8.59. The highest BCUT2D eigenvalue weighted by Gasteiger charge is 2.34. The summed E-state index contributed by atoms with van der Waals surface area (Å²) in [6.07, 6.45) is 4.71. The molecule has 2 amide bonds. The molecule has 0 aromatic heterocycles. The zero-order chi connectivity index (χ0) is 18.1. The Hall–Kier alpha value is -2.63. The van der Waals surface area contributed by atoms with E-state index in [1.165, 1.54) is 11.0 Å². The van der Waals surface area contributed by atoms with Crippen molar-refractivity contribution in [3.63, 3.8) is 0 Å². The Morgan fingerprint density at radius 1 is 1.32 bits per heavy atom. The Morgan fingerprint density at radius 2 is 2.08 bits per heavy atom. The Bertz CT molecular complexity index is 628. The maximum absolute atomic E-state index is 12.5. The van der Waals surface area contributed by atoms with E-state index >= 15 is 0 Å². The molecule has 1 aromatic carbocycles. The minimum absolute atomic E-state index is 0.125. The number of benzene rings is 1. The molecule has 1 aliphatic rings. The van der Waals surface area contributed by atoms with Crippen molar-refractivity contribution in [3.05, 3.63) is 42.0 Å². The van der Waals surface area contributed by atoms with Gasteiger partial charge in [0.1, 0.15) is 6.04 Å². The van der Waals surface area contributed by atoms with Crippen molar-refractivity contribution in [2.75, 3.05) is 19.7 Å². The highest BCUT2D eigenvalue weighted by atomic mass is 16.5. The largest absolute Gasteiger partial charge is 0.466 e. The molecule has 1 atom stereocenters. The Kier molecular flexibility index (Phi) is 7.19. The third-order valence-corrected chi connectivity index (χ3v) is 3.95. The van der Waals surface area contributed by atoms with Crippen molar-refractivity contribution in [2.45, 2.75) is 32.2 Å². The molecule has 1 aliphatic heterocycles. The Morgan fingerprint density at radius 3 is 2.80 bits per heavy atom. The molecular formula is C19H24N2O4. The predicted octanol–water partition coefficient (Wildman–Crippen LogP) is 1.76. The number of carbonyl (C=O) groups is 3. The number of unbranched alkanes of at least 4 members (excludes halogenated alkanes) is 1. The van der Waals surface area contributed by atoms with Crippen LogP contribution >= 0.6 is 0 Å². The summed E-state index contributed by atoms with van der Waals surface area (Å²) in [5, 5.41) is 2.70. The maximum atomic E-state index is 12.5. The van der Waals surface area contributed by atoms with E-state index in [4.69, 9.17) is 4.74 Å². The number of nitrogens with one attached hydrogen (secondary N) is 1. The Labute approximate surface area is 147 Å². The molecule has 6 heteroatoms. The van der Waals surface area contributed by atoms with Gasteiger partial charge in [-0.15, -0.1) is 0 Å². The number of piperazine rings is 1. The van der Waals surface area contributed by atoms with Crippen molar-refractivity contribution in [1.82, 2.24) is 10.2 Å². The second-order valence-corrected chi connectivity index (χ2v) is 5.86. The van der Waals surface area contributed by atoms with E-state index in [2.05, 4.69) is 5.32 Å². The topological polar surface area (TPSA) is 75.7 Å². The van der Waals surface area contributed by atoms with E-state index in [1.54, 1.807) is 6.08 Å². The lowest BCUT2D eigenvalue weighted by molar-refractivity contribution is -0.150. The minimum Gasteiger partial charge on any atom is -0.466 e.